The van der Waals surface area contributed by atoms with Crippen molar-refractivity contribution in [2.24, 2.45) is 11.7 Å². The molecule has 0 bridgehead atoms. The van der Waals surface area contributed by atoms with Crippen LogP contribution in [0.2, 0.25) is 0 Å². The molecule has 0 radical (unpaired) electrons. The lowest BCUT2D eigenvalue weighted by Crippen LogP contribution is -2.20. The second-order valence-electron chi connectivity index (χ2n) is 5.08. The van der Waals surface area contributed by atoms with Gasteiger partial charge in [0.05, 0.1) is 23.4 Å². The van der Waals surface area contributed by atoms with Crippen molar-refractivity contribution in [3.63, 3.8) is 0 Å². The molecule has 1 unspecified atom stereocenters. The number of hydrogen-bond donors (Lipinski definition) is 2. The highest BCUT2D eigenvalue weighted by Gasteiger charge is 2.16. The molecular weight excluding hydrogens is 276 g/mol. The van der Waals surface area contributed by atoms with E-state index in [1.54, 1.807) is 0 Å². The first-order chi connectivity index (χ1) is 9.24. The number of rotatable bonds is 7. The van der Waals surface area contributed by atoms with Gasteiger partial charge in [-0.25, -0.2) is 8.42 Å². The van der Waals surface area contributed by atoms with Crippen LogP contribution in [0.1, 0.15) is 26.3 Å². The highest BCUT2D eigenvalue weighted by molar-refractivity contribution is 7.91. The molecule has 20 heavy (non-hydrogen) atoms. The third-order valence-electron chi connectivity index (χ3n) is 3.20. The van der Waals surface area contributed by atoms with Crippen LogP contribution in [0.15, 0.2) is 29.2 Å². The fraction of sp³-hybridized carbons (Fsp3) is 0.500. The minimum absolute atomic E-state index is 0.0327. The molecule has 0 spiro atoms. The van der Waals surface area contributed by atoms with Gasteiger partial charge >= 0.3 is 0 Å². The predicted octanol–water partition coefficient (Wildman–Crippen LogP) is 1.81. The molecule has 3 N–H and O–H groups in total. The monoisotopic (exact) mass is 298 g/mol. The normalized spacial score (nSPS) is 13.4. The smallest absolute Gasteiger partial charge is 0.180 e. The molecule has 112 valence electrons. The third-order valence-corrected chi connectivity index (χ3v) is 4.89. The number of amidine groups is 1. The van der Waals surface area contributed by atoms with Crippen LogP contribution >= 0.6 is 0 Å². The SMILES string of the molecule is CC(C)C(C)OCCS(=O)(=O)c1ccc(C(=N)N)cc1. The van der Waals surface area contributed by atoms with Crippen molar-refractivity contribution in [3.8, 4) is 0 Å². The van der Waals surface area contributed by atoms with Gasteiger partial charge in [0.15, 0.2) is 9.84 Å². The Bertz CT molecular complexity index is 550. The van der Waals surface area contributed by atoms with Crippen LogP contribution < -0.4 is 5.73 Å². The molecule has 0 aromatic heterocycles. The first kappa shape index (κ1) is 16.7. The zero-order valence-electron chi connectivity index (χ0n) is 12.1. The van der Waals surface area contributed by atoms with Gasteiger partial charge in [-0.3, -0.25) is 5.41 Å². The topological polar surface area (TPSA) is 93.2 Å². The van der Waals surface area contributed by atoms with Gasteiger partial charge in [0.25, 0.3) is 0 Å². The first-order valence-electron chi connectivity index (χ1n) is 6.53. The first-order valence-corrected chi connectivity index (χ1v) is 8.18. The van der Waals surface area contributed by atoms with Crippen LogP contribution in [0.25, 0.3) is 0 Å². The zero-order valence-corrected chi connectivity index (χ0v) is 12.9. The highest BCUT2D eigenvalue weighted by atomic mass is 32.2. The molecule has 6 heteroatoms. The lowest BCUT2D eigenvalue weighted by atomic mass is 10.1. The Labute approximate surface area is 120 Å². The largest absolute Gasteiger partial charge is 0.384 e. The number of benzene rings is 1. The van der Waals surface area contributed by atoms with E-state index in [4.69, 9.17) is 15.9 Å². The fourth-order valence-electron chi connectivity index (χ4n) is 1.50. The van der Waals surface area contributed by atoms with Crippen molar-refractivity contribution >= 4 is 15.7 Å². The Balaban J connectivity index is 2.67. The van der Waals surface area contributed by atoms with Gasteiger partial charge in [-0.15, -0.1) is 0 Å². The van der Waals surface area contributed by atoms with Gasteiger partial charge in [-0.1, -0.05) is 26.0 Å². The average molecular weight is 298 g/mol. The second-order valence-corrected chi connectivity index (χ2v) is 7.19. The van der Waals surface area contributed by atoms with Crippen LogP contribution in [0.4, 0.5) is 0 Å². The molecule has 0 saturated carbocycles. The molecule has 5 nitrogen and oxygen atoms in total. The number of hydrogen-bond acceptors (Lipinski definition) is 4. The van der Waals surface area contributed by atoms with E-state index >= 15 is 0 Å². The molecule has 1 aromatic rings. The Morgan fingerprint density at radius 3 is 2.25 bits per heavy atom. The number of nitrogens with two attached hydrogens (primary N) is 1. The Kier molecular flexibility index (Phi) is 5.71. The van der Waals surface area contributed by atoms with E-state index < -0.39 is 9.84 Å². The van der Waals surface area contributed by atoms with Gasteiger partial charge in [-0.2, -0.15) is 0 Å². The van der Waals surface area contributed by atoms with Crippen LogP contribution in [0.5, 0.6) is 0 Å². The predicted molar refractivity (Wildman–Crippen MR) is 79.8 cm³/mol. The fourth-order valence-corrected chi connectivity index (χ4v) is 2.60. The number of nitrogen functional groups attached to an aromatic ring is 1. The summed E-state index contributed by atoms with van der Waals surface area (Å²) in [5, 5.41) is 7.27. The van der Waals surface area contributed by atoms with E-state index in [1.165, 1.54) is 24.3 Å². The Morgan fingerprint density at radius 1 is 1.25 bits per heavy atom. The average Bonchev–Trinajstić information content (AvgIpc) is 2.38. The summed E-state index contributed by atoms with van der Waals surface area (Å²) in [7, 11) is -3.36. The number of nitrogens with one attached hydrogen (secondary N) is 1. The summed E-state index contributed by atoms with van der Waals surface area (Å²) in [5.74, 6) is 0.222. The maximum absolute atomic E-state index is 12.1. The maximum atomic E-state index is 12.1. The quantitative estimate of drug-likeness (QED) is 0.593. The standard InChI is InChI=1S/C14H22N2O3S/c1-10(2)11(3)19-8-9-20(17,18)13-6-4-12(5-7-13)14(15)16/h4-7,10-11H,8-9H2,1-3H3,(H3,15,16). The van der Waals surface area contributed by atoms with E-state index in [0.717, 1.165) is 0 Å². The van der Waals surface area contributed by atoms with E-state index in [9.17, 15) is 8.42 Å². The summed E-state index contributed by atoms with van der Waals surface area (Å²) in [5.41, 5.74) is 5.84. The van der Waals surface area contributed by atoms with Crippen LogP contribution in [0.3, 0.4) is 0 Å². The summed E-state index contributed by atoms with van der Waals surface area (Å²) in [6.45, 7) is 6.16. The minimum atomic E-state index is -3.36. The molecule has 0 aliphatic carbocycles. The molecule has 1 aromatic carbocycles. The third kappa shape index (κ3) is 4.61. The molecule has 1 rings (SSSR count). The zero-order chi connectivity index (χ0) is 15.3. The molecule has 0 amide bonds. The van der Waals surface area contributed by atoms with E-state index in [0.29, 0.717) is 11.5 Å². The van der Waals surface area contributed by atoms with Gasteiger partial charge in [0.2, 0.25) is 0 Å². The van der Waals surface area contributed by atoms with Crippen molar-refractivity contribution in [1.82, 2.24) is 0 Å². The lowest BCUT2D eigenvalue weighted by molar-refractivity contribution is 0.0455. The van der Waals surface area contributed by atoms with Crippen molar-refractivity contribution in [1.29, 1.82) is 5.41 Å². The van der Waals surface area contributed by atoms with E-state index in [1.807, 2.05) is 20.8 Å². The van der Waals surface area contributed by atoms with Crippen molar-refractivity contribution in [2.45, 2.75) is 31.8 Å². The summed E-state index contributed by atoms with van der Waals surface area (Å²) < 4.78 is 29.7. The number of ether oxygens (including phenoxy) is 1. The molecule has 0 heterocycles. The Hall–Kier alpha value is -1.40. The summed E-state index contributed by atoms with van der Waals surface area (Å²) in [4.78, 5) is 0.225. The van der Waals surface area contributed by atoms with Gasteiger partial charge < -0.3 is 10.5 Å². The van der Waals surface area contributed by atoms with Gasteiger partial charge in [-0.05, 0) is 25.0 Å². The van der Waals surface area contributed by atoms with Crippen LogP contribution in [-0.2, 0) is 14.6 Å². The lowest BCUT2D eigenvalue weighted by Gasteiger charge is -2.16. The minimum Gasteiger partial charge on any atom is -0.384 e. The number of sulfone groups is 1. The second kappa shape index (κ2) is 6.85. The summed E-state index contributed by atoms with van der Waals surface area (Å²) in [6, 6.07) is 6.01. The van der Waals surface area contributed by atoms with Gasteiger partial charge in [0.1, 0.15) is 5.84 Å². The van der Waals surface area contributed by atoms with E-state index in [2.05, 4.69) is 0 Å². The van der Waals surface area contributed by atoms with Crippen molar-refractivity contribution < 1.29 is 13.2 Å². The summed E-state index contributed by atoms with van der Waals surface area (Å²) in [6.07, 6.45) is 0.0327. The Morgan fingerprint density at radius 2 is 1.80 bits per heavy atom. The highest BCUT2D eigenvalue weighted by Crippen LogP contribution is 2.13. The molecule has 1 atom stereocenters. The molecule has 0 aliphatic rings. The van der Waals surface area contributed by atoms with Crippen molar-refractivity contribution in [2.75, 3.05) is 12.4 Å². The van der Waals surface area contributed by atoms with Crippen LogP contribution in [0, 0.1) is 11.3 Å². The van der Waals surface area contributed by atoms with Crippen molar-refractivity contribution in [3.05, 3.63) is 29.8 Å². The van der Waals surface area contributed by atoms with Gasteiger partial charge in [0, 0.05) is 5.56 Å². The molecule has 0 saturated heterocycles. The van der Waals surface area contributed by atoms with E-state index in [-0.39, 0.29) is 29.2 Å². The van der Waals surface area contributed by atoms with Crippen LogP contribution in [-0.4, -0.2) is 32.7 Å². The summed E-state index contributed by atoms with van der Waals surface area (Å²) >= 11 is 0. The molecule has 0 fully saturated rings. The maximum Gasteiger partial charge on any atom is 0.180 e. The molecule has 0 aliphatic heterocycles. The molecular formula is C14H22N2O3S.